The molecule has 6 N–H and O–H groups in total. The second kappa shape index (κ2) is 7.92. The Balaban J connectivity index is 1.45. The van der Waals surface area contributed by atoms with Crippen LogP contribution in [0.15, 0.2) is 30.6 Å². The molecule has 0 saturated carbocycles. The molecule has 0 atom stereocenters. The molecular formula is C19H24N8O2. The number of fused-ring (bicyclic) bond motifs is 1. The van der Waals surface area contributed by atoms with E-state index in [0.717, 1.165) is 12.8 Å². The van der Waals surface area contributed by atoms with Crippen molar-refractivity contribution in [3.8, 4) is 5.75 Å². The van der Waals surface area contributed by atoms with Crippen molar-refractivity contribution in [2.24, 2.45) is 5.73 Å². The summed E-state index contributed by atoms with van der Waals surface area (Å²) in [5.41, 5.74) is 19.1. The Morgan fingerprint density at radius 3 is 2.72 bits per heavy atom. The average molecular weight is 396 g/mol. The third-order valence-electron chi connectivity index (χ3n) is 5.04. The van der Waals surface area contributed by atoms with Crippen molar-refractivity contribution in [1.82, 2.24) is 24.4 Å². The van der Waals surface area contributed by atoms with Gasteiger partial charge in [0.15, 0.2) is 11.5 Å². The summed E-state index contributed by atoms with van der Waals surface area (Å²) in [5, 5.41) is 0. The molecule has 1 aliphatic heterocycles. The Bertz CT molecular complexity index is 1030. The number of hydrogen-bond acceptors (Lipinski definition) is 8. The summed E-state index contributed by atoms with van der Waals surface area (Å²) in [6.07, 6.45) is 3.25. The average Bonchev–Trinajstić information content (AvgIpc) is 3.11. The second-order valence-electron chi connectivity index (χ2n) is 7.05. The van der Waals surface area contributed by atoms with Gasteiger partial charge in [-0.2, -0.15) is 9.97 Å². The zero-order valence-electron chi connectivity index (χ0n) is 16.0. The van der Waals surface area contributed by atoms with Crippen LogP contribution in [0.1, 0.15) is 23.2 Å². The number of nitrogens with zero attached hydrogens (tertiary/aromatic N) is 5. The van der Waals surface area contributed by atoms with Gasteiger partial charge in [0.2, 0.25) is 5.95 Å². The molecule has 0 radical (unpaired) electrons. The van der Waals surface area contributed by atoms with E-state index < -0.39 is 0 Å². The first-order chi connectivity index (χ1) is 14.0. The lowest BCUT2D eigenvalue weighted by Crippen LogP contribution is -2.42. The zero-order valence-corrected chi connectivity index (χ0v) is 16.0. The largest absolute Gasteiger partial charge is 0.491 e. The van der Waals surface area contributed by atoms with Gasteiger partial charge in [0.05, 0.1) is 18.4 Å². The number of ether oxygens (including phenoxy) is 1. The number of hydrogen-bond donors (Lipinski definition) is 3. The minimum absolute atomic E-state index is 0.0335. The van der Waals surface area contributed by atoms with Gasteiger partial charge in [0, 0.05) is 19.1 Å². The smallest absolute Gasteiger partial charge is 0.257 e. The van der Waals surface area contributed by atoms with Gasteiger partial charge in [-0.3, -0.25) is 4.79 Å². The lowest BCUT2D eigenvalue weighted by atomic mass is 10.0. The fourth-order valence-corrected chi connectivity index (χ4v) is 3.44. The van der Waals surface area contributed by atoms with Gasteiger partial charge in [-0.05, 0) is 25.0 Å². The number of piperidine rings is 1. The number of benzene rings is 1. The van der Waals surface area contributed by atoms with E-state index in [-0.39, 0.29) is 23.7 Å². The minimum Gasteiger partial charge on any atom is -0.491 e. The predicted octanol–water partition coefficient (Wildman–Crippen LogP) is 0.633. The van der Waals surface area contributed by atoms with E-state index in [1.54, 1.807) is 23.0 Å². The van der Waals surface area contributed by atoms with Crippen molar-refractivity contribution in [2.45, 2.75) is 25.4 Å². The molecule has 1 amide bonds. The number of nitrogen functional groups attached to an aromatic ring is 2. The molecule has 0 aliphatic carbocycles. The quantitative estimate of drug-likeness (QED) is 0.568. The van der Waals surface area contributed by atoms with Crippen LogP contribution in [0.3, 0.4) is 0 Å². The maximum Gasteiger partial charge on any atom is 0.257 e. The van der Waals surface area contributed by atoms with Gasteiger partial charge in [-0.1, -0.05) is 12.1 Å². The van der Waals surface area contributed by atoms with Crippen LogP contribution in [0.25, 0.3) is 11.2 Å². The molecule has 1 aromatic carbocycles. The molecule has 2 aromatic heterocycles. The summed E-state index contributed by atoms with van der Waals surface area (Å²) in [4.78, 5) is 27.1. The Kier molecular flexibility index (Phi) is 5.17. The molecule has 3 aromatic rings. The van der Waals surface area contributed by atoms with Crippen LogP contribution in [0.4, 0.5) is 11.8 Å². The number of nitrogens with two attached hydrogens (primary N) is 3. The molecule has 0 bridgehead atoms. The van der Waals surface area contributed by atoms with Crippen molar-refractivity contribution in [2.75, 3.05) is 31.2 Å². The predicted molar refractivity (Wildman–Crippen MR) is 109 cm³/mol. The summed E-state index contributed by atoms with van der Waals surface area (Å²) in [6, 6.07) is 7.43. The van der Waals surface area contributed by atoms with E-state index in [1.165, 1.54) is 0 Å². The number of rotatable bonds is 5. The molecule has 1 saturated heterocycles. The highest BCUT2D eigenvalue weighted by Gasteiger charge is 2.23. The van der Waals surface area contributed by atoms with Crippen molar-refractivity contribution in [3.05, 3.63) is 36.2 Å². The maximum atomic E-state index is 12.9. The molecule has 4 rings (SSSR count). The third kappa shape index (κ3) is 3.92. The van der Waals surface area contributed by atoms with Crippen LogP contribution in [0.2, 0.25) is 0 Å². The van der Waals surface area contributed by atoms with Gasteiger partial charge in [0.1, 0.15) is 17.9 Å². The van der Waals surface area contributed by atoms with Gasteiger partial charge in [-0.15, -0.1) is 0 Å². The summed E-state index contributed by atoms with van der Waals surface area (Å²) in [5.74, 6) is 0.846. The Hall–Kier alpha value is -3.40. The first-order valence-electron chi connectivity index (χ1n) is 9.53. The van der Waals surface area contributed by atoms with Crippen molar-refractivity contribution in [3.63, 3.8) is 0 Å². The van der Waals surface area contributed by atoms with E-state index in [9.17, 15) is 4.79 Å². The van der Waals surface area contributed by atoms with E-state index in [4.69, 9.17) is 21.9 Å². The first kappa shape index (κ1) is 18.9. The number of amides is 1. The van der Waals surface area contributed by atoms with Crippen LogP contribution < -0.4 is 21.9 Å². The number of para-hydroxylation sites is 1. The van der Waals surface area contributed by atoms with Crippen molar-refractivity contribution in [1.29, 1.82) is 0 Å². The second-order valence-corrected chi connectivity index (χ2v) is 7.05. The SMILES string of the molecule is Nc1nc(N)c2ncn(CCOc3ccccc3C(=O)N3CCC(N)CC3)c2n1. The third-order valence-corrected chi connectivity index (χ3v) is 5.04. The zero-order chi connectivity index (χ0) is 20.4. The highest BCUT2D eigenvalue weighted by Crippen LogP contribution is 2.22. The highest BCUT2D eigenvalue weighted by atomic mass is 16.5. The van der Waals surface area contributed by atoms with E-state index >= 15 is 0 Å². The molecular weight excluding hydrogens is 372 g/mol. The summed E-state index contributed by atoms with van der Waals surface area (Å²) in [6.45, 7) is 2.12. The van der Waals surface area contributed by atoms with Crippen LogP contribution in [0, 0.1) is 0 Å². The van der Waals surface area contributed by atoms with Crippen LogP contribution >= 0.6 is 0 Å². The number of aromatic nitrogens is 4. The van der Waals surface area contributed by atoms with Crippen LogP contribution in [-0.2, 0) is 6.54 Å². The monoisotopic (exact) mass is 396 g/mol. The Morgan fingerprint density at radius 1 is 1.17 bits per heavy atom. The van der Waals surface area contributed by atoms with E-state index in [1.807, 2.05) is 17.0 Å². The van der Waals surface area contributed by atoms with Gasteiger partial charge >= 0.3 is 0 Å². The van der Waals surface area contributed by atoms with Gasteiger partial charge in [-0.25, -0.2) is 4.98 Å². The number of carbonyl (C=O) groups is 1. The Morgan fingerprint density at radius 2 is 1.93 bits per heavy atom. The highest BCUT2D eigenvalue weighted by molar-refractivity contribution is 5.97. The maximum absolute atomic E-state index is 12.9. The normalized spacial score (nSPS) is 15.0. The van der Waals surface area contributed by atoms with Gasteiger partial charge in [0.25, 0.3) is 5.91 Å². The Labute approximate surface area is 167 Å². The lowest BCUT2D eigenvalue weighted by molar-refractivity contribution is 0.0710. The van der Waals surface area contributed by atoms with Crippen molar-refractivity contribution < 1.29 is 9.53 Å². The molecule has 1 aliphatic rings. The topological polar surface area (TPSA) is 151 Å². The summed E-state index contributed by atoms with van der Waals surface area (Å²) >= 11 is 0. The molecule has 1 fully saturated rings. The number of carbonyl (C=O) groups excluding carboxylic acids is 1. The van der Waals surface area contributed by atoms with Crippen LogP contribution in [-0.4, -0.2) is 56.1 Å². The fraction of sp³-hybridized carbons (Fsp3) is 0.368. The van der Waals surface area contributed by atoms with E-state index in [0.29, 0.717) is 48.7 Å². The van der Waals surface area contributed by atoms with Crippen molar-refractivity contribution >= 4 is 28.8 Å². The molecule has 0 unspecified atom stereocenters. The first-order valence-corrected chi connectivity index (χ1v) is 9.53. The molecule has 10 nitrogen and oxygen atoms in total. The van der Waals surface area contributed by atoms with Gasteiger partial charge < -0.3 is 31.4 Å². The number of imidazole rings is 1. The molecule has 0 spiro atoms. The van der Waals surface area contributed by atoms with Crippen LogP contribution in [0.5, 0.6) is 5.75 Å². The number of likely N-dealkylation sites (tertiary alicyclic amines) is 1. The molecule has 10 heteroatoms. The fourth-order valence-electron chi connectivity index (χ4n) is 3.44. The summed E-state index contributed by atoms with van der Waals surface area (Å²) < 4.78 is 7.72. The summed E-state index contributed by atoms with van der Waals surface area (Å²) in [7, 11) is 0. The van der Waals surface area contributed by atoms with E-state index in [2.05, 4.69) is 15.0 Å². The number of anilines is 2. The molecule has 152 valence electrons. The lowest BCUT2D eigenvalue weighted by Gasteiger charge is -2.30. The molecule has 3 heterocycles. The minimum atomic E-state index is -0.0335. The molecule has 29 heavy (non-hydrogen) atoms. The standard InChI is InChI=1S/C19H24N8O2/c20-12-5-7-26(8-6-12)18(28)13-3-1-2-4-14(13)29-10-9-27-11-23-15-16(21)24-19(22)25-17(15)27/h1-4,11-12H,5-10,20H2,(H4,21,22,24,25).